The molecule has 2 aromatic carbocycles. The van der Waals surface area contributed by atoms with Crippen LogP contribution in [0.1, 0.15) is 15.9 Å². The number of Topliss-reactive ketones (excluding diaryl/α,β-unsaturated/α-hetero) is 1. The van der Waals surface area contributed by atoms with Crippen molar-refractivity contribution in [2.45, 2.75) is 13.5 Å². The summed E-state index contributed by atoms with van der Waals surface area (Å²) in [6.07, 6.45) is 1.84. The van der Waals surface area contributed by atoms with Crippen LogP contribution in [0, 0.1) is 17.0 Å². The first-order valence-electron chi connectivity index (χ1n) is 7.22. The lowest BCUT2D eigenvalue weighted by Crippen LogP contribution is -2.38. The lowest BCUT2D eigenvalue weighted by Gasteiger charge is -2.03. The van der Waals surface area contributed by atoms with Crippen molar-refractivity contribution < 1.29 is 19.8 Å². The smallest absolute Gasteiger partial charge is 0.273 e. The second-order valence-electron chi connectivity index (χ2n) is 5.38. The van der Waals surface area contributed by atoms with Crippen molar-refractivity contribution in [1.82, 2.24) is 0 Å². The number of aromatic nitrogens is 1. The Hall–Kier alpha value is -2.64. The molecule has 0 aliphatic carbocycles. The van der Waals surface area contributed by atoms with E-state index in [0.717, 1.165) is 10.9 Å². The molecule has 0 saturated heterocycles. The molecule has 3 rings (SSSR count). The average molecular weight is 406 g/mol. The van der Waals surface area contributed by atoms with Gasteiger partial charge in [-0.3, -0.25) is 14.9 Å². The highest BCUT2D eigenvalue weighted by Crippen LogP contribution is 2.19. The van der Waals surface area contributed by atoms with Crippen LogP contribution in [-0.2, 0) is 6.54 Å². The molecule has 6 nitrogen and oxygen atoms in total. The Morgan fingerprint density at radius 3 is 2.52 bits per heavy atom. The number of benzene rings is 2. The van der Waals surface area contributed by atoms with Gasteiger partial charge in [0, 0.05) is 34.7 Å². The summed E-state index contributed by atoms with van der Waals surface area (Å²) in [5.74, 6) is -0.158. The van der Waals surface area contributed by atoms with E-state index in [1.807, 2.05) is 47.2 Å². The Balaban J connectivity index is 0.00000156. The van der Waals surface area contributed by atoms with Crippen molar-refractivity contribution in [3.8, 4) is 0 Å². The van der Waals surface area contributed by atoms with Gasteiger partial charge in [-0.2, -0.15) is 4.57 Å². The fourth-order valence-corrected chi connectivity index (χ4v) is 2.58. The molecule has 0 spiro atoms. The van der Waals surface area contributed by atoms with Gasteiger partial charge >= 0.3 is 0 Å². The number of halogens is 1. The van der Waals surface area contributed by atoms with Crippen LogP contribution in [0.4, 0.5) is 5.69 Å². The van der Waals surface area contributed by atoms with E-state index in [0.29, 0.717) is 11.1 Å². The second-order valence-corrected chi connectivity index (χ2v) is 5.38. The van der Waals surface area contributed by atoms with Crippen molar-refractivity contribution in [2.75, 3.05) is 0 Å². The lowest BCUT2D eigenvalue weighted by molar-refractivity contribution is -0.657. The van der Waals surface area contributed by atoms with Crippen LogP contribution >= 0.6 is 17.0 Å². The molecule has 0 saturated carbocycles. The van der Waals surface area contributed by atoms with E-state index < -0.39 is 4.92 Å². The molecule has 25 heavy (non-hydrogen) atoms. The van der Waals surface area contributed by atoms with Gasteiger partial charge < -0.3 is 5.48 Å². The summed E-state index contributed by atoms with van der Waals surface area (Å²) in [4.78, 5) is 23.1. The number of hydrogen-bond donors (Lipinski definition) is 0. The minimum absolute atomic E-state index is 0. The van der Waals surface area contributed by atoms with Gasteiger partial charge in [-0.15, -0.1) is 17.0 Å². The van der Waals surface area contributed by atoms with Crippen molar-refractivity contribution in [1.29, 1.82) is 0 Å². The average Bonchev–Trinajstić information content (AvgIpc) is 2.55. The van der Waals surface area contributed by atoms with Gasteiger partial charge in [0.2, 0.25) is 17.8 Å². The first-order chi connectivity index (χ1) is 11.1. The third-order valence-electron chi connectivity index (χ3n) is 3.83. The summed E-state index contributed by atoms with van der Waals surface area (Å²) in [6, 6.07) is 16.2. The highest BCUT2D eigenvalue weighted by molar-refractivity contribution is 8.93. The third-order valence-corrected chi connectivity index (χ3v) is 3.83. The van der Waals surface area contributed by atoms with E-state index in [2.05, 4.69) is 0 Å². The molecule has 7 heteroatoms. The first-order valence-corrected chi connectivity index (χ1v) is 7.22. The molecule has 1 heterocycles. The van der Waals surface area contributed by atoms with Crippen LogP contribution in [0.2, 0.25) is 0 Å². The number of rotatable bonds is 4. The molecular weight excluding hydrogens is 388 g/mol. The van der Waals surface area contributed by atoms with Crippen molar-refractivity contribution in [2.24, 2.45) is 0 Å². The quantitative estimate of drug-likeness (QED) is 0.288. The number of carbonyl (C=O) groups is 1. The predicted octanol–water partition coefficient (Wildman–Crippen LogP) is 2.98. The summed E-state index contributed by atoms with van der Waals surface area (Å²) in [5.41, 5.74) is 1.82. The molecule has 130 valence electrons. The molecule has 0 amide bonds. The SMILES string of the molecule is Br.Cc1ccc(C(=O)C[n+]2cccc3ccccc32)cc1[N+](=O)[O-].O. The number of nitrogens with zero attached hydrogens (tertiary/aromatic N) is 2. The molecule has 0 atom stereocenters. The van der Waals surface area contributed by atoms with Gasteiger partial charge in [0.05, 0.1) is 4.92 Å². The van der Waals surface area contributed by atoms with Gasteiger partial charge in [-0.1, -0.05) is 24.3 Å². The summed E-state index contributed by atoms with van der Waals surface area (Å²) < 4.78 is 1.85. The van der Waals surface area contributed by atoms with Crippen molar-refractivity contribution in [3.05, 3.63) is 82.0 Å². The molecule has 0 radical (unpaired) electrons. The van der Waals surface area contributed by atoms with E-state index in [1.54, 1.807) is 19.1 Å². The van der Waals surface area contributed by atoms with Gasteiger partial charge in [-0.25, -0.2) is 0 Å². The predicted molar refractivity (Wildman–Crippen MR) is 100 cm³/mol. The summed E-state index contributed by atoms with van der Waals surface area (Å²) in [5, 5.41) is 12.1. The molecule has 0 unspecified atom stereocenters. The molecule has 3 aromatic rings. The van der Waals surface area contributed by atoms with Crippen molar-refractivity contribution >= 4 is 39.4 Å². The maximum absolute atomic E-state index is 12.5. The van der Waals surface area contributed by atoms with Gasteiger partial charge in [0.25, 0.3) is 5.69 Å². The van der Waals surface area contributed by atoms with E-state index in [-0.39, 0.29) is 40.5 Å². The number of para-hydroxylation sites is 1. The summed E-state index contributed by atoms with van der Waals surface area (Å²) >= 11 is 0. The van der Waals surface area contributed by atoms with E-state index in [1.165, 1.54) is 6.07 Å². The van der Waals surface area contributed by atoms with E-state index >= 15 is 0 Å². The van der Waals surface area contributed by atoms with Gasteiger partial charge in [-0.05, 0) is 19.1 Å². The molecule has 0 aliphatic rings. The zero-order valence-corrected chi connectivity index (χ0v) is 15.2. The van der Waals surface area contributed by atoms with Crippen molar-refractivity contribution in [3.63, 3.8) is 0 Å². The van der Waals surface area contributed by atoms with Gasteiger partial charge in [0.15, 0.2) is 6.20 Å². The number of nitro groups is 1. The largest absolute Gasteiger partial charge is 0.412 e. The topological polar surface area (TPSA) is 95.6 Å². The zero-order chi connectivity index (χ0) is 16.4. The Labute approximate surface area is 155 Å². The number of pyridine rings is 1. The van der Waals surface area contributed by atoms with Crippen LogP contribution in [0.3, 0.4) is 0 Å². The maximum Gasteiger partial charge on any atom is 0.273 e. The number of fused-ring (bicyclic) bond motifs is 1. The highest BCUT2D eigenvalue weighted by Gasteiger charge is 2.19. The van der Waals surface area contributed by atoms with Crippen LogP contribution in [-0.4, -0.2) is 16.2 Å². The normalized spacial score (nSPS) is 9.80. The molecule has 0 aliphatic heterocycles. The number of nitro benzene ring substituents is 1. The van der Waals surface area contributed by atoms with Crippen LogP contribution < -0.4 is 4.57 Å². The standard InChI is InChI=1S/C18H15N2O3.BrH.H2O/c1-13-8-9-15(11-17(13)20(22)23)18(21)12-19-10-4-6-14-5-2-3-7-16(14)19;;/h2-11H,12H2,1H3;1H;1H2/q+1;;. The molecular formula is C18H18BrN2O4+. The Morgan fingerprint density at radius 1 is 1.12 bits per heavy atom. The minimum atomic E-state index is -0.461. The highest BCUT2D eigenvalue weighted by atomic mass is 79.9. The molecule has 2 N–H and O–H groups in total. The molecule has 1 aromatic heterocycles. The third kappa shape index (κ3) is 4.26. The number of hydrogen-bond acceptors (Lipinski definition) is 3. The minimum Gasteiger partial charge on any atom is -0.412 e. The van der Waals surface area contributed by atoms with Crippen LogP contribution in [0.25, 0.3) is 10.9 Å². The van der Waals surface area contributed by atoms with E-state index in [4.69, 9.17) is 0 Å². The number of ketones is 1. The van der Waals surface area contributed by atoms with Gasteiger partial charge in [0.1, 0.15) is 0 Å². The Bertz CT molecular complexity index is 923. The monoisotopic (exact) mass is 405 g/mol. The number of aryl methyl sites for hydroxylation is 1. The zero-order valence-electron chi connectivity index (χ0n) is 13.5. The molecule has 0 bridgehead atoms. The summed E-state index contributed by atoms with van der Waals surface area (Å²) in [7, 11) is 0. The second kappa shape index (κ2) is 8.46. The fraction of sp³-hybridized carbons (Fsp3) is 0.111. The Morgan fingerprint density at radius 2 is 1.80 bits per heavy atom. The van der Waals surface area contributed by atoms with E-state index in [9.17, 15) is 14.9 Å². The number of carbonyl (C=O) groups excluding carboxylic acids is 1. The summed E-state index contributed by atoms with van der Waals surface area (Å²) in [6.45, 7) is 1.80. The fourth-order valence-electron chi connectivity index (χ4n) is 2.58. The first kappa shape index (κ1) is 20.4. The Kier molecular flexibility index (Phi) is 6.90. The lowest BCUT2D eigenvalue weighted by atomic mass is 10.1. The van der Waals surface area contributed by atoms with Crippen LogP contribution in [0.5, 0.6) is 0 Å². The maximum atomic E-state index is 12.5. The van der Waals surface area contributed by atoms with Crippen LogP contribution in [0.15, 0.2) is 60.8 Å². The molecule has 0 fully saturated rings.